The number of hydrogen-bond donors (Lipinski definition) is 1. The lowest BCUT2D eigenvalue weighted by Gasteiger charge is -2.19. The van der Waals surface area contributed by atoms with E-state index in [0.717, 1.165) is 23.7 Å². The first kappa shape index (κ1) is 15.9. The summed E-state index contributed by atoms with van der Waals surface area (Å²) in [5.41, 5.74) is 2.62. The van der Waals surface area contributed by atoms with Crippen LogP contribution in [0.3, 0.4) is 0 Å². The Morgan fingerprint density at radius 1 is 1.10 bits per heavy atom. The molecule has 0 saturated heterocycles. The molecule has 1 N–H and O–H groups in total. The Balaban J connectivity index is 2.05. The minimum Gasteiger partial charge on any atom is -0.492 e. The molecule has 0 aromatic heterocycles. The molecule has 21 heavy (non-hydrogen) atoms. The predicted molar refractivity (Wildman–Crippen MR) is 89.2 cm³/mol. The zero-order valence-electron chi connectivity index (χ0n) is 12.6. The number of nitrogens with one attached hydrogen (secondary N) is 1. The summed E-state index contributed by atoms with van der Waals surface area (Å²) >= 11 is 5.89. The summed E-state index contributed by atoms with van der Waals surface area (Å²) < 4.78 is 5.88. The molecule has 0 amide bonds. The van der Waals surface area contributed by atoms with Gasteiger partial charge < -0.3 is 10.1 Å². The first-order valence-electron chi connectivity index (χ1n) is 7.43. The Bertz CT molecular complexity index is 553. The van der Waals surface area contributed by atoms with Crippen molar-refractivity contribution in [2.75, 3.05) is 13.2 Å². The maximum absolute atomic E-state index is 5.89. The Labute approximate surface area is 132 Å². The van der Waals surface area contributed by atoms with Crippen LogP contribution in [0.2, 0.25) is 5.02 Å². The second-order valence-electron chi connectivity index (χ2n) is 4.97. The third-order valence-corrected chi connectivity index (χ3v) is 3.69. The van der Waals surface area contributed by atoms with Crippen LogP contribution >= 0.6 is 11.6 Å². The Kier molecular flexibility index (Phi) is 6.09. The van der Waals surface area contributed by atoms with Gasteiger partial charge in [0, 0.05) is 5.02 Å². The molecule has 0 aliphatic heterocycles. The SMILES string of the molecule is CCNC(COc1ccc(Cl)cc1)c1cccc(CC)c1. The molecule has 0 aliphatic rings. The molecule has 0 heterocycles. The molecule has 0 fully saturated rings. The Morgan fingerprint density at radius 2 is 1.86 bits per heavy atom. The molecule has 0 bridgehead atoms. The van der Waals surface area contributed by atoms with Crippen LogP contribution < -0.4 is 10.1 Å². The summed E-state index contributed by atoms with van der Waals surface area (Å²) in [5, 5.41) is 4.20. The van der Waals surface area contributed by atoms with Crippen LogP contribution in [0, 0.1) is 0 Å². The van der Waals surface area contributed by atoms with E-state index in [0.29, 0.717) is 6.61 Å². The fourth-order valence-electron chi connectivity index (χ4n) is 2.26. The molecule has 0 spiro atoms. The number of likely N-dealkylation sites (N-methyl/N-ethyl adjacent to an activating group) is 1. The van der Waals surface area contributed by atoms with E-state index in [1.165, 1.54) is 11.1 Å². The number of benzene rings is 2. The highest BCUT2D eigenvalue weighted by Crippen LogP contribution is 2.19. The van der Waals surface area contributed by atoms with Gasteiger partial charge in [-0.05, 0) is 48.4 Å². The average Bonchev–Trinajstić information content (AvgIpc) is 2.53. The Morgan fingerprint density at radius 3 is 2.52 bits per heavy atom. The lowest BCUT2D eigenvalue weighted by atomic mass is 10.0. The van der Waals surface area contributed by atoms with Gasteiger partial charge in [-0.15, -0.1) is 0 Å². The molecule has 1 unspecified atom stereocenters. The molecule has 2 nitrogen and oxygen atoms in total. The van der Waals surface area contributed by atoms with Gasteiger partial charge in [0.25, 0.3) is 0 Å². The van der Waals surface area contributed by atoms with E-state index in [1.807, 2.05) is 24.3 Å². The van der Waals surface area contributed by atoms with Crippen molar-refractivity contribution in [2.45, 2.75) is 26.3 Å². The third kappa shape index (κ3) is 4.76. The van der Waals surface area contributed by atoms with Gasteiger partial charge in [0.15, 0.2) is 0 Å². The molecule has 2 aromatic carbocycles. The van der Waals surface area contributed by atoms with Crippen LogP contribution in [-0.4, -0.2) is 13.2 Å². The number of aryl methyl sites for hydroxylation is 1. The molecular formula is C18H22ClNO. The standard InChI is InChI=1S/C18H22ClNO/c1-3-14-6-5-7-15(12-14)18(20-4-2)13-21-17-10-8-16(19)9-11-17/h5-12,18,20H,3-4,13H2,1-2H3. The zero-order valence-corrected chi connectivity index (χ0v) is 13.4. The molecular weight excluding hydrogens is 282 g/mol. The monoisotopic (exact) mass is 303 g/mol. The van der Waals surface area contributed by atoms with Crippen LogP contribution in [0.25, 0.3) is 0 Å². The van der Waals surface area contributed by atoms with E-state index in [1.54, 1.807) is 0 Å². The van der Waals surface area contributed by atoms with Crippen LogP contribution in [0.15, 0.2) is 48.5 Å². The van der Waals surface area contributed by atoms with Crippen molar-refractivity contribution in [1.82, 2.24) is 5.32 Å². The summed E-state index contributed by atoms with van der Waals surface area (Å²) in [6, 6.07) is 16.3. The summed E-state index contributed by atoms with van der Waals surface area (Å²) in [6.45, 7) is 5.79. The van der Waals surface area contributed by atoms with Gasteiger partial charge in [-0.3, -0.25) is 0 Å². The molecule has 0 radical (unpaired) electrons. The molecule has 1 atom stereocenters. The molecule has 0 saturated carbocycles. The van der Waals surface area contributed by atoms with Gasteiger partial charge in [0.2, 0.25) is 0 Å². The fraction of sp³-hybridized carbons (Fsp3) is 0.333. The van der Waals surface area contributed by atoms with Gasteiger partial charge in [-0.2, -0.15) is 0 Å². The van der Waals surface area contributed by atoms with Gasteiger partial charge in [-0.25, -0.2) is 0 Å². The first-order chi connectivity index (χ1) is 10.2. The van der Waals surface area contributed by atoms with Gasteiger partial charge in [0.1, 0.15) is 12.4 Å². The van der Waals surface area contributed by atoms with Crippen LogP contribution in [0.4, 0.5) is 0 Å². The second-order valence-corrected chi connectivity index (χ2v) is 5.41. The van der Waals surface area contributed by atoms with E-state index < -0.39 is 0 Å². The number of rotatable bonds is 7. The van der Waals surface area contributed by atoms with Crippen molar-refractivity contribution < 1.29 is 4.74 Å². The highest BCUT2D eigenvalue weighted by molar-refractivity contribution is 6.30. The van der Waals surface area contributed by atoms with Gasteiger partial charge in [-0.1, -0.05) is 49.7 Å². The number of ether oxygens (including phenoxy) is 1. The summed E-state index contributed by atoms with van der Waals surface area (Å²) in [5.74, 6) is 0.842. The summed E-state index contributed by atoms with van der Waals surface area (Å²) in [6.07, 6.45) is 1.05. The highest BCUT2D eigenvalue weighted by atomic mass is 35.5. The molecule has 112 valence electrons. The summed E-state index contributed by atoms with van der Waals surface area (Å²) in [7, 11) is 0. The van der Waals surface area contributed by atoms with E-state index in [2.05, 4.69) is 43.4 Å². The quantitative estimate of drug-likeness (QED) is 0.805. The van der Waals surface area contributed by atoms with Crippen molar-refractivity contribution in [3.05, 3.63) is 64.7 Å². The lowest BCUT2D eigenvalue weighted by molar-refractivity contribution is 0.268. The van der Waals surface area contributed by atoms with Crippen LogP contribution in [0.1, 0.15) is 31.0 Å². The lowest BCUT2D eigenvalue weighted by Crippen LogP contribution is -2.26. The number of halogens is 1. The average molecular weight is 304 g/mol. The maximum atomic E-state index is 5.89. The molecule has 2 rings (SSSR count). The van der Waals surface area contributed by atoms with Gasteiger partial charge in [0.05, 0.1) is 6.04 Å². The molecule has 2 aromatic rings. The smallest absolute Gasteiger partial charge is 0.119 e. The fourth-order valence-corrected chi connectivity index (χ4v) is 2.39. The van der Waals surface area contributed by atoms with Crippen LogP contribution in [0.5, 0.6) is 5.75 Å². The molecule has 0 aliphatic carbocycles. The van der Waals surface area contributed by atoms with E-state index in [4.69, 9.17) is 16.3 Å². The Hall–Kier alpha value is -1.51. The highest BCUT2D eigenvalue weighted by Gasteiger charge is 2.11. The van der Waals surface area contributed by atoms with Crippen molar-refractivity contribution >= 4 is 11.6 Å². The molecule has 3 heteroatoms. The normalized spacial score (nSPS) is 12.1. The van der Waals surface area contributed by atoms with E-state index in [9.17, 15) is 0 Å². The first-order valence-corrected chi connectivity index (χ1v) is 7.81. The zero-order chi connectivity index (χ0) is 15.1. The minimum absolute atomic E-state index is 0.192. The largest absolute Gasteiger partial charge is 0.492 e. The van der Waals surface area contributed by atoms with Crippen molar-refractivity contribution in [3.8, 4) is 5.75 Å². The predicted octanol–water partition coefficient (Wildman–Crippen LogP) is 4.63. The maximum Gasteiger partial charge on any atom is 0.119 e. The second kappa shape index (κ2) is 8.06. The van der Waals surface area contributed by atoms with Crippen LogP contribution in [-0.2, 0) is 6.42 Å². The van der Waals surface area contributed by atoms with Crippen molar-refractivity contribution in [3.63, 3.8) is 0 Å². The van der Waals surface area contributed by atoms with Gasteiger partial charge >= 0.3 is 0 Å². The number of hydrogen-bond acceptors (Lipinski definition) is 2. The van der Waals surface area contributed by atoms with E-state index in [-0.39, 0.29) is 6.04 Å². The van der Waals surface area contributed by atoms with Crippen molar-refractivity contribution in [2.24, 2.45) is 0 Å². The van der Waals surface area contributed by atoms with E-state index >= 15 is 0 Å². The topological polar surface area (TPSA) is 21.3 Å². The summed E-state index contributed by atoms with van der Waals surface area (Å²) in [4.78, 5) is 0. The van der Waals surface area contributed by atoms with Crippen molar-refractivity contribution in [1.29, 1.82) is 0 Å². The third-order valence-electron chi connectivity index (χ3n) is 3.44. The minimum atomic E-state index is 0.192.